The van der Waals surface area contributed by atoms with Gasteiger partial charge in [-0.05, 0) is 13.3 Å². The standard InChI is InChI=1S/C12H25N3O2.HI/c1-4-13-11(14-6-5-7-16-3)15-8-12(2)9-17-10-12;/h4-10H2,1-3H3,(H2,13,14,15);1H. The molecule has 1 aliphatic rings. The van der Waals surface area contributed by atoms with Crippen molar-refractivity contribution in [3.05, 3.63) is 0 Å². The molecule has 0 aliphatic carbocycles. The average Bonchev–Trinajstić information content (AvgIpc) is 2.29. The molecule has 1 heterocycles. The number of ether oxygens (including phenoxy) is 2. The van der Waals surface area contributed by atoms with Gasteiger partial charge in [0.25, 0.3) is 0 Å². The molecule has 0 aromatic carbocycles. The lowest BCUT2D eigenvalue weighted by Gasteiger charge is -2.36. The zero-order valence-corrected chi connectivity index (χ0v) is 14.0. The first kappa shape index (κ1) is 17.9. The summed E-state index contributed by atoms with van der Waals surface area (Å²) in [6, 6.07) is 0. The van der Waals surface area contributed by atoms with Crippen molar-refractivity contribution >= 4 is 29.9 Å². The third-order valence-electron chi connectivity index (χ3n) is 2.68. The summed E-state index contributed by atoms with van der Waals surface area (Å²) in [5, 5.41) is 6.53. The fraction of sp³-hybridized carbons (Fsp3) is 0.917. The minimum Gasteiger partial charge on any atom is -0.385 e. The number of hydrogen-bond donors (Lipinski definition) is 2. The molecule has 18 heavy (non-hydrogen) atoms. The molecule has 0 aromatic heterocycles. The molecule has 0 radical (unpaired) electrons. The Morgan fingerprint density at radius 3 is 2.61 bits per heavy atom. The van der Waals surface area contributed by atoms with E-state index in [0.717, 1.165) is 51.8 Å². The first-order chi connectivity index (χ1) is 8.20. The zero-order chi connectivity index (χ0) is 12.6. The van der Waals surface area contributed by atoms with E-state index in [0.29, 0.717) is 0 Å². The Bertz CT molecular complexity index is 245. The second-order valence-corrected chi connectivity index (χ2v) is 4.77. The highest BCUT2D eigenvalue weighted by atomic mass is 127. The van der Waals surface area contributed by atoms with Gasteiger partial charge in [-0.25, -0.2) is 0 Å². The monoisotopic (exact) mass is 371 g/mol. The smallest absolute Gasteiger partial charge is 0.191 e. The number of rotatable bonds is 7. The molecule has 1 aliphatic heterocycles. The van der Waals surface area contributed by atoms with Crippen LogP contribution >= 0.6 is 24.0 Å². The van der Waals surface area contributed by atoms with Gasteiger partial charge in [0, 0.05) is 32.2 Å². The summed E-state index contributed by atoms with van der Waals surface area (Å²) >= 11 is 0. The van der Waals surface area contributed by atoms with Gasteiger partial charge in [0.15, 0.2) is 5.96 Å². The maximum Gasteiger partial charge on any atom is 0.191 e. The second-order valence-electron chi connectivity index (χ2n) is 4.77. The number of halogens is 1. The van der Waals surface area contributed by atoms with Gasteiger partial charge in [-0.15, -0.1) is 24.0 Å². The molecule has 0 saturated carbocycles. The molecule has 1 saturated heterocycles. The van der Waals surface area contributed by atoms with E-state index in [1.807, 2.05) is 0 Å². The summed E-state index contributed by atoms with van der Waals surface area (Å²) in [6.45, 7) is 9.26. The predicted octanol–water partition coefficient (Wildman–Crippen LogP) is 1.23. The van der Waals surface area contributed by atoms with Gasteiger partial charge in [-0.2, -0.15) is 0 Å². The van der Waals surface area contributed by atoms with Crippen molar-refractivity contribution in [2.75, 3.05) is 46.6 Å². The number of methoxy groups -OCH3 is 1. The molecule has 1 rings (SSSR count). The minimum atomic E-state index is 0. The van der Waals surface area contributed by atoms with Crippen LogP contribution in [0.1, 0.15) is 20.3 Å². The van der Waals surface area contributed by atoms with Crippen molar-refractivity contribution in [1.82, 2.24) is 10.6 Å². The van der Waals surface area contributed by atoms with E-state index >= 15 is 0 Å². The lowest BCUT2D eigenvalue weighted by atomic mass is 9.89. The molecule has 0 spiro atoms. The highest BCUT2D eigenvalue weighted by Gasteiger charge is 2.33. The Hall–Kier alpha value is -0.0800. The molecule has 1 fully saturated rings. The molecule has 6 heteroatoms. The summed E-state index contributed by atoms with van der Waals surface area (Å²) in [5.74, 6) is 0.886. The normalized spacial score (nSPS) is 17.6. The summed E-state index contributed by atoms with van der Waals surface area (Å²) in [4.78, 5) is 4.58. The lowest BCUT2D eigenvalue weighted by molar-refractivity contribution is -0.0945. The fourth-order valence-electron chi connectivity index (χ4n) is 1.58. The number of guanidine groups is 1. The van der Waals surface area contributed by atoms with Crippen LogP contribution in [0.3, 0.4) is 0 Å². The highest BCUT2D eigenvalue weighted by Crippen LogP contribution is 2.26. The lowest BCUT2D eigenvalue weighted by Crippen LogP contribution is -2.44. The highest BCUT2D eigenvalue weighted by molar-refractivity contribution is 14.0. The number of hydrogen-bond acceptors (Lipinski definition) is 3. The van der Waals surface area contributed by atoms with Gasteiger partial charge >= 0.3 is 0 Å². The molecule has 0 atom stereocenters. The van der Waals surface area contributed by atoms with Gasteiger partial charge in [0.05, 0.1) is 19.8 Å². The van der Waals surface area contributed by atoms with Crippen molar-refractivity contribution in [1.29, 1.82) is 0 Å². The predicted molar refractivity (Wildman–Crippen MR) is 84.8 cm³/mol. The van der Waals surface area contributed by atoms with Crippen LogP contribution in [0.5, 0.6) is 0 Å². The van der Waals surface area contributed by atoms with Crippen molar-refractivity contribution in [3.63, 3.8) is 0 Å². The third-order valence-corrected chi connectivity index (χ3v) is 2.68. The molecule has 5 nitrogen and oxygen atoms in total. The third kappa shape index (κ3) is 6.75. The number of nitrogens with zero attached hydrogens (tertiary/aromatic N) is 1. The Kier molecular flexibility index (Phi) is 9.76. The van der Waals surface area contributed by atoms with Crippen LogP contribution in [0.2, 0.25) is 0 Å². The van der Waals surface area contributed by atoms with E-state index in [-0.39, 0.29) is 29.4 Å². The first-order valence-corrected chi connectivity index (χ1v) is 6.29. The Morgan fingerprint density at radius 1 is 1.39 bits per heavy atom. The van der Waals surface area contributed by atoms with Gasteiger partial charge in [-0.1, -0.05) is 6.92 Å². The molecule has 0 amide bonds. The number of aliphatic imine (C=N–C) groups is 1. The van der Waals surface area contributed by atoms with Crippen molar-refractivity contribution in [3.8, 4) is 0 Å². The van der Waals surface area contributed by atoms with Gasteiger partial charge < -0.3 is 20.1 Å². The van der Waals surface area contributed by atoms with E-state index in [1.54, 1.807) is 7.11 Å². The fourth-order valence-corrected chi connectivity index (χ4v) is 1.58. The van der Waals surface area contributed by atoms with Crippen LogP contribution in [-0.2, 0) is 9.47 Å². The summed E-state index contributed by atoms with van der Waals surface area (Å²) in [6.07, 6.45) is 0.987. The minimum absolute atomic E-state index is 0. The molecule has 0 aromatic rings. The Balaban J connectivity index is 0.00000289. The summed E-state index contributed by atoms with van der Waals surface area (Å²) in [7, 11) is 1.72. The maximum atomic E-state index is 5.22. The maximum absolute atomic E-state index is 5.22. The quantitative estimate of drug-likeness (QED) is 0.306. The van der Waals surface area contributed by atoms with Crippen LogP contribution < -0.4 is 10.6 Å². The average molecular weight is 371 g/mol. The van der Waals surface area contributed by atoms with E-state index in [9.17, 15) is 0 Å². The van der Waals surface area contributed by atoms with Crippen LogP contribution in [0.4, 0.5) is 0 Å². The van der Waals surface area contributed by atoms with Crippen LogP contribution in [0.25, 0.3) is 0 Å². The van der Waals surface area contributed by atoms with Crippen molar-refractivity contribution in [2.45, 2.75) is 20.3 Å². The Labute approximate surface area is 127 Å². The van der Waals surface area contributed by atoms with Crippen LogP contribution in [0, 0.1) is 5.41 Å². The Morgan fingerprint density at radius 2 is 2.11 bits per heavy atom. The SMILES string of the molecule is CCNC(=NCC1(C)COC1)NCCCOC.I. The summed E-state index contributed by atoms with van der Waals surface area (Å²) < 4.78 is 10.2. The molecule has 2 N–H and O–H groups in total. The topological polar surface area (TPSA) is 54.9 Å². The van der Waals surface area contributed by atoms with E-state index in [1.165, 1.54) is 0 Å². The molecule has 108 valence electrons. The molecular weight excluding hydrogens is 345 g/mol. The molecule has 0 bridgehead atoms. The van der Waals surface area contributed by atoms with E-state index in [4.69, 9.17) is 9.47 Å². The zero-order valence-electron chi connectivity index (χ0n) is 11.6. The van der Waals surface area contributed by atoms with Gasteiger partial charge in [-0.3, -0.25) is 4.99 Å². The molecule has 0 unspecified atom stereocenters. The largest absolute Gasteiger partial charge is 0.385 e. The first-order valence-electron chi connectivity index (χ1n) is 6.29. The van der Waals surface area contributed by atoms with Gasteiger partial charge in [0.2, 0.25) is 0 Å². The van der Waals surface area contributed by atoms with E-state index in [2.05, 4.69) is 29.5 Å². The molecular formula is C12H26IN3O2. The van der Waals surface area contributed by atoms with Crippen LogP contribution in [-0.4, -0.2) is 52.5 Å². The van der Waals surface area contributed by atoms with E-state index < -0.39 is 0 Å². The van der Waals surface area contributed by atoms with Gasteiger partial charge in [0.1, 0.15) is 0 Å². The second kappa shape index (κ2) is 9.80. The van der Waals surface area contributed by atoms with Crippen LogP contribution in [0.15, 0.2) is 4.99 Å². The number of nitrogens with one attached hydrogen (secondary N) is 2. The van der Waals surface area contributed by atoms with Crippen molar-refractivity contribution in [2.24, 2.45) is 10.4 Å². The van der Waals surface area contributed by atoms with Crippen molar-refractivity contribution < 1.29 is 9.47 Å². The summed E-state index contributed by atoms with van der Waals surface area (Å²) in [5.41, 5.74) is 0.231.